The summed E-state index contributed by atoms with van der Waals surface area (Å²) in [5.41, 5.74) is 1.62. The maximum Gasteiger partial charge on any atom is 0.243 e. The molecule has 0 aromatic carbocycles. The van der Waals surface area contributed by atoms with Crippen LogP contribution in [0, 0.1) is 0 Å². The molecule has 3 aromatic heterocycles. The fraction of sp³-hybridized carbons (Fsp3) is 0.421. The number of amides is 1. The van der Waals surface area contributed by atoms with Crippen LogP contribution in [0.2, 0.25) is 0 Å². The van der Waals surface area contributed by atoms with Gasteiger partial charge in [-0.1, -0.05) is 11.3 Å². The summed E-state index contributed by atoms with van der Waals surface area (Å²) < 4.78 is 0. The zero-order valence-electron chi connectivity index (χ0n) is 16.0. The minimum Gasteiger partial charge on any atom is -0.391 e. The Labute approximate surface area is 171 Å². The molecule has 2 aliphatic heterocycles. The van der Waals surface area contributed by atoms with Crippen molar-refractivity contribution >= 4 is 39.4 Å². The number of aliphatic hydroxyl groups excluding tert-OH is 1. The number of aromatic nitrogens is 4. The van der Waals surface area contributed by atoms with Crippen molar-refractivity contribution in [1.82, 2.24) is 24.8 Å². The van der Waals surface area contributed by atoms with Gasteiger partial charge in [-0.05, 0) is 25.6 Å². The van der Waals surface area contributed by atoms with Crippen molar-refractivity contribution in [1.29, 1.82) is 0 Å². The van der Waals surface area contributed by atoms with Gasteiger partial charge in [0.2, 0.25) is 11.9 Å². The molecule has 0 bridgehead atoms. The highest BCUT2D eigenvalue weighted by molar-refractivity contribution is 7.21. The quantitative estimate of drug-likeness (QED) is 0.682. The van der Waals surface area contributed by atoms with Gasteiger partial charge in [-0.25, -0.2) is 15.0 Å². The molecule has 0 unspecified atom stereocenters. The van der Waals surface area contributed by atoms with Crippen LogP contribution in [0.4, 0.5) is 11.8 Å². The first-order valence-corrected chi connectivity index (χ1v) is 10.4. The molecular formula is C19H21N7O2S. The zero-order valence-corrected chi connectivity index (χ0v) is 16.8. The summed E-state index contributed by atoms with van der Waals surface area (Å²) >= 11 is 1.46. The number of carbonyl (C=O) groups is 1. The summed E-state index contributed by atoms with van der Waals surface area (Å²) in [6.07, 6.45) is 3.98. The van der Waals surface area contributed by atoms with E-state index in [1.54, 1.807) is 17.3 Å². The van der Waals surface area contributed by atoms with Gasteiger partial charge in [0.15, 0.2) is 0 Å². The van der Waals surface area contributed by atoms with Gasteiger partial charge in [-0.15, -0.1) is 0 Å². The molecular weight excluding hydrogens is 390 g/mol. The Morgan fingerprint density at radius 1 is 1.14 bits per heavy atom. The van der Waals surface area contributed by atoms with Gasteiger partial charge in [0, 0.05) is 37.9 Å². The minimum atomic E-state index is -0.277. The molecule has 5 heterocycles. The minimum absolute atomic E-state index is 0.00894. The fourth-order valence-corrected chi connectivity index (χ4v) is 4.53. The van der Waals surface area contributed by atoms with Crippen molar-refractivity contribution in [3.63, 3.8) is 0 Å². The lowest BCUT2D eigenvalue weighted by atomic mass is 10.3. The standard InChI is InChI=1S/C19H21N7O2S/c1-24-6-7-26(16(28)11-24)19-21-9-14-18(23-19)29-17(22-14)12-2-3-15(20-8-12)25-5-4-13(27)10-25/h2-3,8-9,13,27H,4-7,10-11H2,1H3/t13-/m0/s1. The van der Waals surface area contributed by atoms with Crippen LogP contribution >= 0.6 is 11.3 Å². The molecule has 2 saturated heterocycles. The van der Waals surface area contributed by atoms with Crippen molar-refractivity contribution < 1.29 is 9.90 Å². The summed E-state index contributed by atoms with van der Waals surface area (Å²) in [5.74, 6) is 1.31. The number of hydrogen-bond acceptors (Lipinski definition) is 9. The highest BCUT2D eigenvalue weighted by Crippen LogP contribution is 2.30. The van der Waals surface area contributed by atoms with E-state index in [0.29, 0.717) is 31.1 Å². The average molecular weight is 411 g/mol. The molecule has 10 heteroatoms. The van der Waals surface area contributed by atoms with E-state index in [0.717, 1.165) is 40.7 Å². The first kappa shape index (κ1) is 18.3. The Morgan fingerprint density at radius 2 is 2.03 bits per heavy atom. The number of nitrogens with zero attached hydrogens (tertiary/aromatic N) is 7. The largest absolute Gasteiger partial charge is 0.391 e. The number of anilines is 2. The van der Waals surface area contributed by atoms with E-state index in [9.17, 15) is 9.90 Å². The number of likely N-dealkylation sites (N-methyl/N-ethyl adjacent to an activating group) is 1. The van der Waals surface area contributed by atoms with Crippen LogP contribution in [-0.2, 0) is 4.79 Å². The van der Waals surface area contributed by atoms with E-state index in [4.69, 9.17) is 0 Å². The van der Waals surface area contributed by atoms with Crippen LogP contribution in [0.25, 0.3) is 20.9 Å². The van der Waals surface area contributed by atoms with E-state index in [-0.39, 0.29) is 12.0 Å². The predicted molar refractivity (Wildman–Crippen MR) is 111 cm³/mol. The molecule has 1 N–H and O–H groups in total. The normalized spacial score (nSPS) is 20.8. The second kappa shape index (κ2) is 7.29. The van der Waals surface area contributed by atoms with Crippen molar-refractivity contribution in [3.8, 4) is 10.6 Å². The van der Waals surface area contributed by atoms with Crippen molar-refractivity contribution in [3.05, 3.63) is 24.5 Å². The third-order valence-corrected chi connectivity index (χ3v) is 6.29. The van der Waals surface area contributed by atoms with Crippen molar-refractivity contribution in [2.24, 2.45) is 0 Å². The molecule has 0 saturated carbocycles. The Bertz CT molecular complexity index is 1050. The SMILES string of the molecule is CN1CCN(c2ncc3nc(-c4ccc(N5CC[C@H](O)C5)nc4)sc3n2)C(=O)C1. The third-order valence-electron chi connectivity index (χ3n) is 5.27. The summed E-state index contributed by atoms with van der Waals surface area (Å²) in [4.78, 5) is 36.9. The lowest BCUT2D eigenvalue weighted by Gasteiger charge is -2.30. The van der Waals surface area contributed by atoms with E-state index in [2.05, 4.69) is 24.8 Å². The van der Waals surface area contributed by atoms with E-state index in [1.165, 1.54) is 11.3 Å². The second-order valence-corrected chi connectivity index (χ2v) is 8.43. The molecule has 2 fully saturated rings. The Kier molecular flexibility index (Phi) is 4.61. The molecule has 3 aromatic rings. The highest BCUT2D eigenvalue weighted by Gasteiger charge is 2.25. The number of aliphatic hydroxyl groups is 1. The second-order valence-electron chi connectivity index (χ2n) is 7.46. The van der Waals surface area contributed by atoms with E-state index < -0.39 is 0 Å². The lowest BCUT2D eigenvalue weighted by molar-refractivity contribution is -0.120. The number of thiazole rings is 1. The van der Waals surface area contributed by atoms with Gasteiger partial charge >= 0.3 is 0 Å². The molecule has 5 rings (SSSR count). The lowest BCUT2D eigenvalue weighted by Crippen LogP contribution is -2.49. The van der Waals surface area contributed by atoms with E-state index in [1.807, 2.05) is 24.1 Å². The van der Waals surface area contributed by atoms with Crippen LogP contribution in [0.15, 0.2) is 24.5 Å². The average Bonchev–Trinajstić information content (AvgIpc) is 3.34. The van der Waals surface area contributed by atoms with Gasteiger partial charge in [0.25, 0.3) is 0 Å². The summed E-state index contributed by atoms with van der Waals surface area (Å²) in [6.45, 7) is 3.20. The molecule has 9 nitrogen and oxygen atoms in total. The van der Waals surface area contributed by atoms with Crippen molar-refractivity contribution in [2.75, 3.05) is 49.6 Å². The van der Waals surface area contributed by atoms with Gasteiger partial charge < -0.3 is 10.0 Å². The number of carbonyl (C=O) groups excluding carboxylic acids is 1. The van der Waals surface area contributed by atoms with Crippen LogP contribution in [0.1, 0.15) is 6.42 Å². The summed E-state index contributed by atoms with van der Waals surface area (Å²) in [6, 6.07) is 3.95. The Hall–Kier alpha value is -2.69. The van der Waals surface area contributed by atoms with Gasteiger partial charge in [0.05, 0.1) is 18.8 Å². The van der Waals surface area contributed by atoms with E-state index >= 15 is 0 Å². The summed E-state index contributed by atoms with van der Waals surface area (Å²) in [7, 11) is 1.93. The monoisotopic (exact) mass is 411 g/mol. The first-order chi connectivity index (χ1) is 14.1. The van der Waals surface area contributed by atoms with Crippen LogP contribution in [-0.4, -0.2) is 81.7 Å². The molecule has 0 aliphatic carbocycles. The number of rotatable bonds is 3. The molecule has 150 valence electrons. The number of hydrogen-bond donors (Lipinski definition) is 1. The van der Waals surface area contributed by atoms with Gasteiger partial charge in [-0.3, -0.25) is 14.6 Å². The number of β-amino-alcohol motifs (C(OH)–C–C–N with tert-alkyl or cyclic N) is 1. The maximum atomic E-state index is 12.3. The first-order valence-electron chi connectivity index (χ1n) is 9.59. The number of fused-ring (bicyclic) bond motifs is 1. The summed E-state index contributed by atoms with van der Waals surface area (Å²) in [5, 5.41) is 10.5. The third kappa shape index (κ3) is 3.54. The highest BCUT2D eigenvalue weighted by atomic mass is 32.1. The molecule has 2 aliphatic rings. The molecule has 1 atom stereocenters. The predicted octanol–water partition coefficient (Wildman–Crippen LogP) is 0.998. The smallest absolute Gasteiger partial charge is 0.243 e. The van der Waals surface area contributed by atoms with Crippen LogP contribution in [0.5, 0.6) is 0 Å². The van der Waals surface area contributed by atoms with Crippen LogP contribution < -0.4 is 9.80 Å². The molecule has 1 amide bonds. The Balaban J connectivity index is 1.39. The molecule has 0 radical (unpaired) electrons. The molecule has 29 heavy (non-hydrogen) atoms. The van der Waals surface area contributed by atoms with Crippen LogP contribution in [0.3, 0.4) is 0 Å². The fourth-order valence-electron chi connectivity index (χ4n) is 3.63. The topological polar surface area (TPSA) is 98.6 Å². The van der Waals surface area contributed by atoms with Gasteiger partial charge in [0.1, 0.15) is 21.2 Å². The number of piperazine rings is 1. The number of pyridine rings is 1. The zero-order chi connectivity index (χ0) is 20.0. The molecule has 0 spiro atoms. The Morgan fingerprint density at radius 3 is 2.76 bits per heavy atom. The maximum absolute atomic E-state index is 12.3. The van der Waals surface area contributed by atoms with Crippen molar-refractivity contribution in [2.45, 2.75) is 12.5 Å². The van der Waals surface area contributed by atoms with Gasteiger partial charge in [-0.2, -0.15) is 4.98 Å².